The van der Waals surface area contributed by atoms with Gasteiger partial charge in [0.15, 0.2) is 0 Å². The molecule has 0 saturated carbocycles. The molecule has 2 aliphatic carbocycles. The van der Waals surface area contributed by atoms with Crippen LogP contribution in [0.4, 0.5) is 0 Å². The Morgan fingerprint density at radius 2 is 2.26 bits per heavy atom. The highest BCUT2D eigenvalue weighted by Gasteiger charge is 2.48. The van der Waals surface area contributed by atoms with Gasteiger partial charge in [0.2, 0.25) is 0 Å². The molecule has 2 bridgehead atoms. The van der Waals surface area contributed by atoms with Crippen molar-refractivity contribution in [2.75, 3.05) is 13.7 Å². The molecule has 0 amide bonds. The van der Waals surface area contributed by atoms with Crippen LogP contribution in [0.2, 0.25) is 0 Å². The van der Waals surface area contributed by atoms with E-state index in [4.69, 9.17) is 4.74 Å². The molecule has 19 heavy (non-hydrogen) atoms. The van der Waals surface area contributed by atoms with Crippen LogP contribution in [0.25, 0.3) is 0 Å². The smallest absolute Gasteiger partial charge is 0.119 e. The molecule has 1 saturated heterocycles. The lowest BCUT2D eigenvalue weighted by Crippen LogP contribution is -2.57. The normalized spacial score (nSPS) is 38.7. The Balaban J connectivity index is 1.90. The van der Waals surface area contributed by atoms with E-state index in [1.54, 1.807) is 7.11 Å². The summed E-state index contributed by atoms with van der Waals surface area (Å²) < 4.78 is 5.43. The largest absolute Gasteiger partial charge is 0.497 e. The van der Waals surface area contributed by atoms with Gasteiger partial charge >= 0.3 is 0 Å². The fourth-order valence-corrected chi connectivity index (χ4v) is 4.39. The van der Waals surface area contributed by atoms with Crippen molar-refractivity contribution in [3.05, 3.63) is 41.5 Å². The standard InChI is InChI=1S/C17H21NO/c1-17-6-5-11-7-15(17)16(18-10-11)8-12-3-4-13(19-2)9-14(12)17/h3-6,9,11,15-16,18H,7-8,10H2,1-2H3/t11?,15?,16?,17-/m0/s1. The topological polar surface area (TPSA) is 21.3 Å². The van der Waals surface area contributed by atoms with Crippen LogP contribution in [-0.4, -0.2) is 19.7 Å². The zero-order valence-electron chi connectivity index (χ0n) is 11.6. The Kier molecular flexibility index (Phi) is 2.34. The molecule has 1 fully saturated rings. The van der Waals surface area contributed by atoms with E-state index in [-0.39, 0.29) is 5.41 Å². The van der Waals surface area contributed by atoms with Gasteiger partial charge in [-0.05, 0) is 47.9 Å². The summed E-state index contributed by atoms with van der Waals surface area (Å²) in [5, 5.41) is 3.76. The zero-order valence-corrected chi connectivity index (χ0v) is 11.6. The molecule has 4 atom stereocenters. The zero-order chi connectivity index (χ0) is 13.0. The molecule has 1 heterocycles. The third kappa shape index (κ3) is 1.53. The molecule has 4 rings (SSSR count). The summed E-state index contributed by atoms with van der Waals surface area (Å²) >= 11 is 0. The monoisotopic (exact) mass is 255 g/mol. The number of nitrogens with one attached hydrogen (secondary N) is 1. The summed E-state index contributed by atoms with van der Waals surface area (Å²) in [6.07, 6.45) is 7.40. The lowest BCUT2D eigenvalue weighted by atomic mass is 9.56. The molecule has 3 unspecified atom stereocenters. The third-order valence-corrected chi connectivity index (χ3v) is 5.51. The molecule has 0 aromatic heterocycles. The Hall–Kier alpha value is -1.28. The fraction of sp³-hybridized carbons (Fsp3) is 0.529. The van der Waals surface area contributed by atoms with Gasteiger partial charge in [-0.3, -0.25) is 0 Å². The van der Waals surface area contributed by atoms with Crippen LogP contribution in [0.1, 0.15) is 24.5 Å². The minimum Gasteiger partial charge on any atom is -0.497 e. The second-order valence-electron chi connectivity index (χ2n) is 6.49. The Labute approximate surface area is 114 Å². The molecule has 100 valence electrons. The van der Waals surface area contributed by atoms with Crippen molar-refractivity contribution in [1.29, 1.82) is 0 Å². The average molecular weight is 255 g/mol. The molecule has 1 N–H and O–H groups in total. The highest BCUT2D eigenvalue weighted by atomic mass is 16.5. The van der Waals surface area contributed by atoms with Crippen LogP contribution in [0.15, 0.2) is 30.4 Å². The highest BCUT2D eigenvalue weighted by molar-refractivity contribution is 5.47. The van der Waals surface area contributed by atoms with Gasteiger partial charge in [-0.2, -0.15) is 0 Å². The number of rotatable bonds is 1. The predicted octanol–water partition coefficient (Wildman–Crippen LogP) is 2.67. The third-order valence-electron chi connectivity index (χ3n) is 5.51. The summed E-state index contributed by atoms with van der Waals surface area (Å²) in [5.74, 6) is 2.45. The molecule has 2 nitrogen and oxygen atoms in total. The number of benzene rings is 1. The van der Waals surface area contributed by atoms with Crippen molar-refractivity contribution < 1.29 is 4.74 Å². The maximum Gasteiger partial charge on any atom is 0.119 e. The first kappa shape index (κ1) is 11.5. The molecule has 1 aromatic carbocycles. The quantitative estimate of drug-likeness (QED) is 0.779. The first-order valence-corrected chi connectivity index (χ1v) is 7.31. The maximum absolute atomic E-state index is 5.43. The van der Waals surface area contributed by atoms with E-state index >= 15 is 0 Å². The summed E-state index contributed by atoms with van der Waals surface area (Å²) in [5.41, 5.74) is 3.14. The minimum absolute atomic E-state index is 0.177. The Morgan fingerprint density at radius 1 is 1.37 bits per heavy atom. The Bertz CT molecular complexity index is 550. The Morgan fingerprint density at radius 3 is 3.11 bits per heavy atom. The van der Waals surface area contributed by atoms with Crippen molar-refractivity contribution in [2.45, 2.75) is 31.2 Å². The van der Waals surface area contributed by atoms with Crippen LogP contribution in [0.3, 0.4) is 0 Å². The van der Waals surface area contributed by atoms with Crippen molar-refractivity contribution in [3.63, 3.8) is 0 Å². The van der Waals surface area contributed by atoms with Crippen molar-refractivity contribution in [1.82, 2.24) is 5.32 Å². The van der Waals surface area contributed by atoms with E-state index in [2.05, 4.69) is 42.6 Å². The van der Waals surface area contributed by atoms with Gasteiger partial charge in [0.05, 0.1) is 7.11 Å². The molecule has 1 aliphatic heterocycles. The predicted molar refractivity (Wildman–Crippen MR) is 76.6 cm³/mol. The van der Waals surface area contributed by atoms with E-state index in [9.17, 15) is 0 Å². The molecule has 1 aromatic rings. The van der Waals surface area contributed by atoms with Gasteiger partial charge < -0.3 is 10.1 Å². The first-order chi connectivity index (χ1) is 9.20. The highest BCUT2D eigenvalue weighted by Crippen LogP contribution is 2.50. The summed E-state index contributed by atoms with van der Waals surface area (Å²) in [6.45, 7) is 3.56. The lowest BCUT2D eigenvalue weighted by Gasteiger charge is -2.52. The second-order valence-corrected chi connectivity index (χ2v) is 6.49. The number of allylic oxidation sites excluding steroid dienone is 1. The van der Waals surface area contributed by atoms with E-state index < -0.39 is 0 Å². The number of piperidine rings is 1. The fourth-order valence-electron chi connectivity index (χ4n) is 4.39. The molecule has 0 radical (unpaired) electrons. The van der Waals surface area contributed by atoms with E-state index in [1.807, 2.05) is 0 Å². The van der Waals surface area contributed by atoms with Gasteiger partial charge in [0, 0.05) is 18.0 Å². The van der Waals surface area contributed by atoms with Gasteiger partial charge in [0.1, 0.15) is 5.75 Å². The number of hydrogen-bond acceptors (Lipinski definition) is 2. The SMILES string of the molecule is COc1ccc2c(c1)[C@]1(C)C=CC3CNC(C2)C1C3. The summed E-state index contributed by atoms with van der Waals surface area (Å²) in [7, 11) is 1.75. The molecular weight excluding hydrogens is 234 g/mol. The van der Waals surface area contributed by atoms with Crippen LogP contribution in [0, 0.1) is 11.8 Å². The van der Waals surface area contributed by atoms with Gasteiger partial charge in [-0.25, -0.2) is 0 Å². The van der Waals surface area contributed by atoms with Crippen molar-refractivity contribution in [3.8, 4) is 5.75 Å². The minimum atomic E-state index is 0.177. The number of hydrogen-bond donors (Lipinski definition) is 1. The maximum atomic E-state index is 5.43. The van der Waals surface area contributed by atoms with Crippen LogP contribution >= 0.6 is 0 Å². The van der Waals surface area contributed by atoms with Crippen molar-refractivity contribution >= 4 is 0 Å². The lowest BCUT2D eigenvalue weighted by molar-refractivity contribution is 0.149. The van der Waals surface area contributed by atoms with Crippen LogP contribution in [0.5, 0.6) is 5.75 Å². The van der Waals surface area contributed by atoms with E-state index in [0.29, 0.717) is 6.04 Å². The summed E-state index contributed by atoms with van der Waals surface area (Å²) in [4.78, 5) is 0. The molecule has 2 heteroatoms. The number of fused-ring (bicyclic) bond motifs is 3. The van der Waals surface area contributed by atoms with Gasteiger partial charge in [-0.15, -0.1) is 0 Å². The average Bonchev–Trinajstić information content (AvgIpc) is 2.46. The van der Waals surface area contributed by atoms with E-state index in [0.717, 1.165) is 24.1 Å². The molecular formula is C17H21NO. The number of ether oxygens (including phenoxy) is 1. The van der Waals surface area contributed by atoms with Crippen LogP contribution in [-0.2, 0) is 11.8 Å². The van der Waals surface area contributed by atoms with Crippen molar-refractivity contribution in [2.24, 2.45) is 11.8 Å². The number of methoxy groups -OCH3 is 1. The first-order valence-electron chi connectivity index (χ1n) is 7.31. The second kappa shape index (κ2) is 3.86. The molecule has 0 spiro atoms. The van der Waals surface area contributed by atoms with Crippen LogP contribution < -0.4 is 10.1 Å². The van der Waals surface area contributed by atoms with Gasteiger partial charge in [-0.1, -0.05) is 25.1 Å². The van der Waals surface area contributed by atoms with Gasteiger partial charge in [0.25, 0.3) is 0 Å². The van der Waals surface area contributed by atoms with E-state index in [1.165, 1.54) is 24.0 Å². The molecule has 3 aliphatic rings. The summed E-state index contributed by atoms with van der Waals surface area (Å²) in [6, 6.07) is 7.25.